The molecule has 2 aliphatic heterocycles. The molecule has 33 nitrogen and oxygen atoms in total. The van der Waals surface area contributed by atoms with Gasteiger partial charge in [-0.25, -0.2) is 4.79 Å². The average Bonchev–Trinajstić information content (AvgIpc) is 0.797. The van der Waals surface area contributed by atoms with E-state index in [0.29, 0.717) is 24.2 Å². The largest absolute Gasteiger partial charge is 0.507 e. The highest BCUT2D eigenvalue weighted by Gasteiger charge is 2.53. The molecule has 0 bridgehead atoms. The van der Waals surface area contributed by atoms with Crippen LogP contribution in [0.3, 0.4) is 0 Å². The molecule has 110 heavy (non-hydrogen) atoms. The van der Waals surface area contributed by atoms with Crippen molar-refractivity contribution >= 4 is 94.1 Å². The summed E-state index contributed by atoms with van der Waals surface area (Å²) in [5.41, 5.74) is -0.455. The second kappa shape index (κ2) is 36.6. The van der Waals surface area contributed by atoms with Gasteiger partial charge in [0.05, 0.1) is 97.3 Å². The van der Waals surface area contributed by atoms with Crippen LogP contribution < -0.4 is 20.5 Å². The summed E-state index contributed by atoms with van der Waals surface area (Å²) < 4.78 is 23.2. The zero-order chi connectivity index (χ0) is 77.5. The minimum absolute atomic E-state index is 0. The van der Waals surface area contributed by atoms with E-state index in [1.165, 1.54) is 50.6 Å². The number of methoxy groups -OCH3 is 2. The number of aliphatic carboxylic acids is 1. The number of carbonyl (C=O) groups is 14. The topological polar surface area (TPSA) is 543 Å². The molecule has 0 saturated heterocycles. The van der Waals surface area contributed by atoms with E-state index >= 15 is 0 Å². The lowest BCUT2D eigenvalue weighted by Crippen LogP contribution is -2.51. The van der Waals surface area contributed by atoms with Crippen LogP contribution in [-0.2, 0) is 70.3 Å². The second-order valence-electron chi connectivity index (χ2n) is 26.6. The number of benzene rings is 4. The lowest BCUT2D eigenvalue weighted by Gasteiger charge is -2.43. The first-order valence-corrected chi connectivity index (χ1v) is 32.9. The lowest BCUT2D eigenvalue weighted by atomic mass is 9.71. The number of nitrogens with one attached hydrogen (secondary N) is 1. The predicted molar refractivity (Wildman–Crippen MR) is 389 cm³/mol. The summed E-state index contributed by atoms with van der Waals surface area (Å²) >= 11 is 0. The van der Waals surface area contributed by atoms with Crippen LogP contribution in [-0.4, -0.2) is 243 Å². The van der Waals surface area contributed by atoms with Gasteiger partial charge in [0.15, 0.2) is 28.9 Å². The Morgan fingerprint density at radius 3 is 1.23 bits per heavy atom. The number of imide groups is 2. The highest BCUT2D eigenvalue weighted by atomic mass is 35.5. The van der Waals surface area contributed by atoms with Crippen LogP contribution in [0.5, 0.6) is 34.5 Å². The van der Waals surface area contributed by atoms with Crippen molar-refractivity contribution in [3.05, 3.63) is 127 Å². The number of aliphatic hydroxyl groups excluding tert-OH is 4. The van der Waals surface area contributed by atoms with Gasteiger partial charge in [-0.05, 0) is 56.7 Å². The molecule has 4 aromatic rings. The summed E-state index contributed by atoms with van der Waals surface area (Å²) in [6, 6.07) is 7.94. The van der Waals surface area contributed by atoms with Gasteiger partial charge in [-0.1, -0.05) is 67.8 Å². The number of phenols is 4. The van der Waals surface area contributed by atoms with Gasteiger partial charge in [-0.15, -0.1) is 12.4 Å². The van der Waals surface area contributed by atoms with Crippen LogP contribution in [0.15, 0.2) is 60.7 Å². The number of aromatic hydroxyl groups is 4. The highest BCUT2D eigenvalue weighted by molar-refractivity contribution is 6.38. The Bertz CT molecular complexity index is 4340. The number of carbonyl (C=O) groups excluding carboxylic acids is 13. The number of ether oxygens (including phenoxy) is 4. The van der Waals surface area contributed by atoms with E-state index < -0.39 is 226 Å². The molecule has 34 heteroatoms. The molecule has 2 saturated carbocycles. The fraction of sp³-hybridized carbons (Fsp3) is 0.447. The molecular weight excluding hydrogens is 1470 g/mol. The summed E-state index contributed by atoms with van der Waals surface area (Å²) in [6.45, 7) is 1.63. The van der Waals surface area contributed by atoms with Gasteiger partial charge in [0.2, 0.25) is 17.3 Å². The Balaban J connectivity index is 0.000000340. The molecule has 8 aliphatic rings. The van der Waals surface area contributed by atoms with Gasteiger partial charge in [-0.3, -0.25) is 72.1 Å². The molecule has 11 unspecified atom stereocenters. The van der Waals surface area contributed by atoms with Crippen LogP contribution >= 0.6 is 12.4 Å². The highest BCUT2D eigenvalue weighted by Crippen LogP contribution is 2.55. The molecule has 6 aliphatic carbocycles. The molecule has 4 amide bonds. The molecular formula is C76H93ClN4O29. The van der Waals surface area contributed by atoms with Crippen molar-refractivity contribution in [2.24, 2.45) is 17.6 Å². The Hall–Kier alpha value is -10.2. The number of ketones is 9. The van der Waals surface area contributed by atoms with E-state index in [1.807, 2.05) is 6.92 Å². The van der Waals surface area contributed by atoms with E-state index in [4.69, 9.17) is 29.8 Å². The lowest BCUT2D eigenvalue weighted by molar-refractivity contribution is -0.151. The number of aliphatic hydroxyl groups is 6. The van der Waals surface area contributed by atoms with E-state index in [9.17, 15) is 118 Å². The average molecular weight is 1560 g/mol. The standard InChI is InChI=1S/C29H33NO10.C28H31NO10.C8H7NO4.C7H5NO5.4CH4.ClH/c1-12-7-13(8-16(30-2)24(12)33)40-18-10-29(38,19(32)11-31)9-15-21(18)28(37)23-22(26(15)35)25(34)14-5-4-6-17(39-3)20(14)27(23)36;1-11-6-12(7-15(29)23(11)32)39-17-9-28(37,18(31)10-30)8-14-20(17)27(36)22-21(25(14)34)24(33)13-4-3-5-16(38-2)19(13)26(22)35;1-5(10)6(11)4-9-7(12)2-3-8(9)13;9-4(7(12)13)3-8-5(10)1-2-6(8)11;;;;;/h4-6,12-13,16,18,24,30-31,33,35,37-38H,7-11H2,1-3H3;3-5,11-12,15,17,23,30,32,34,36-37H,6-10,29H2,1-2H3;2-3H,4H2,1H3;1-2H,3H2,(H,12,13);4*1H4;1H/t;11?,12?,15?,17?,23?,28-;;;;;;;/m.0......./s1. The maximum Gasteiger partial charge on any atom is 0.374 e. The zero-order valence-electron chi connectivity index (χ0n) is 57.7. The van der Waals surface area contributed by atoms with Crippen molar-refractivity contribution < 1.29 is 142 Å². The molecule has 2 heterocycles. The van der Waals surface area contributed by atoms with E-state index in [2.05, 4.69) is 5.32 Å². The van der Waals surface area contributed by atoms with Crippen molar-refractivity contribution in [1.82, 2.24) is 15.1 Å². The van der Waals surface area contributed by atoms with Gasteiger partial charge >= 0.3 is 5.97 Å². The number of carboxylic acid groups (broad SMARTS) is 1. The number of hydrogen-bond donors (Lipinski definition) is 13. The van der Waals surface area contributed by atoms with Gasteiger partial charge < -0.3 is 86.2 Å². The number of carboxylic acids is 1. The zero-order valence-corrected chi connectivity index (χ0v) is 58.5. The maximum atomic E-state index is 13.7. The third kappa shape index (κ3) is 17.4. The molecule has 4 aromatic carbocycles. The fourth-order valence-electron chi connectivity index (χ4n) is 14.4. The summed E-state index contributed by atoms with van der Waals surface area (Å²) in [5, 5.41) is 120. The van der Waals surface area contributed by atoms with Gasteiger partial charge in [0, 0.05) is 102 Å². The smallest absolute Gasteiger partial charge is 0.374 e. The number of halogens is 1. The fourth-order valence-corrected chi connectivity index (χ4v) is 14.4. The van der Waals surface area contributed by atoms with Crippen molar-refractivity contribution in [3.8, 4) is 34.5 Å². The monoisotopic (exact) mass is 1560 g/mol. The molecule has 12 rings (SSSR count). The number of nitrogens with zero attached hydrogens (tertiary/aromatic N) is 2. The molecule has 598 valence electrons. The Kier molecular flexibility index (Phi) is 30.7. The van der Waals surface area contributed by atoms with Crippen LogP contribution in [0, 0.1) is 11.8 Å². The number of nitrogens with two attached hydrogens (primary N) is 1. The quantitative estimate of drug-likeness (QED) is 0.0353. The number of rotatable bonds is 17. The molecule has 0 spiro atoms. The first-order valence-electron chi connectivity index (χ1n) is 32.9. The minimum Gasteiger partial charge on any atom is -0.507 e. The third-order valence-corrected chi connectivity index (χ3v) is 19.9. The van der Waals surface area contributed by atoms with Crippen molar-refractivity contribution in [2.45, 2.75) is 162 Å². The van der Waals surface area contributed by atoms with E-state index in [1.54, 1.807) is 14.0 Å². The normalized spacial score (nSPS) is 24.9. The molecule has 2 fully saturated rings. The minimum atomic E-state index is -2.19. The number of likely N-dealkylation sites (N-methyl/N-ethyl adjacent to an activating group) is 1. The van der Waals surface area contributed by atoms with Gasteiger partial charge in [0.1, 0.15) is 58.9 Å². The Morgan fingerprint density at radius 1 is 0.536 bits per heavy atom. The SMILES string of the molecule is C.C.C.C.CC(=O)C(=O)CN1C(=O)C=CC1=O.CNC1CC(OC2CC(O)(C(=O)CO)Cc3c(O)c4c(c(O)c32)C(=O)c2c(OC)cccc2C4=O)CC(C)C1O.COc1cccc2c1C(=O)c1c(O)c3c(c(O)c1C2=O)C[C@@](O)(C(=O)CO)CC3OC1CC(C)C(O)C(N)C1.Cl.O=C(O)C(=O)CN1C(=O)C=CC1=O. The van der Waals surface area contributed by atoms with Crippen LogP contribution in [0.25, 0.3) is 0 Å². The van der Waals surface area contributed by atoms with Crippen LogP contribution in [0.4, 0.5) is 0 Å². The number of amides is 4. The summed E-state index contributed by atoms with van der Waals surface area (Å²) in [5.74, 6) is -14.1. The Morgan fingerprint density at radius 2 is 0.891 bits per heavy atom. The summed E-state index contributed by atoms with van der Waals surface area (Å²) in [6.07, 6.45) is -1.11. The van der Waals surface area contributed by atoms with Crippen molar-refractivity contribution in [2.75, 3.05) is 47.6 Å². The van der Waals surface area contributed by atoms with E-state index in [0.717, 1.165) is 36.1 Å². The van der Waals surface area contributed by atoms with Gasteiger partial charge in [0.25, 0.3) is 29.4 Å². The molecule has 14 N–H and O–H groups in total. The molecule has 0 radical (unpaired) electrons. The number of phenolic OH excluding ortho intramolecular Hbond substituents is 4. The second-order valence-corrected chi connectivity index (χ2v) is 26.6. The number of fused-ring (bicyclic) bond motifs is 6. The predicted octanol–water partition coefficient (Wildman–Crippen LogP) is 2.19. The van der Waals surface area contributed by atoms with Crippen LogP contribution in [0.1, 0.15) is 187 Å². The summed E-state index contributed by atoms with van der Waals surface area (Å²) in [4.78, 5) is 167. The molecule has 12 atom stereocenters. The maximum absolute atomic E-state index is 13.7. The number of hydrogen-bond acceptors (Lipinski definition) is 30. The van der Waals surface area contributed by atoms with Crippen molar-refractivity contribution in [3.63, 3.8) is 0 Å². The van der Waals surface area contributed by atoms with Crippen molar-refractivity contribution in [1.29, 1.82) is 0 Å². The van der Waals surface area contributed by atoms with Crippen LogP contribution in [0.2, 0.25) is 0 Å². The van der Waals surface area contributed by atoms with E-state index in [-0.39, 0.29) is 129 Å². The van der Waals surface area contributed by atoms with Gasteiger partial charge in [-0.2, -0.15) is 0 Å². The first-order chi connectivity index (χ1) is 49.4. The number of Topliss-reactive ketones (excluding diaryl/α,β-unsaturated/α-hetero) is 5. The summed E-state index contributed by atoms with van der Waals surface area (Å²) in [7, 11) is 4.39. The molecule has 0 aromatic heterocycles. The third-order valence-electron chi connectivity index (χ3n) is 19.9. The first kappa shape index (κ1) is 92.2. The Labute approximate surface area is 637 Å².